The molecule has 0 aromatic heterocycles. The van der Waals surface area contributed by atoms with Crippen molar-refractivity contribution in [2.24, 2.45) is 0 Å². The van der Waals surface area contributed by atoms with Crippen LogP contribution in [-0.2, 0) is 17.9 Å². The predicted octanol–water partition coefficient (Wildman–Crippen LogP) is 7.29. The Morgan fingerprint density at radius 1 is 1.11 bits per heavy atom. The summed E-state index contributed by atoms with van der Waals surface area (Å²) in [5.74, 6) is 0.604. The molecule has 1 aliphatic heterocycles. The third kappa shape index (κ3) is 5.81. The zero-order valence-electron chi connectivity index (χ0n) is 18.8. The van der Waals surface area contributed by atoms with Gasteiger partial charge in [0.2, 0.25) is 0 Å². The van der Waals surface area contributed by atoms with E-state index in [-0.39, 0.29) is 18.4 Å². The number of halogens is 3. The van der Waals surface area contributed by atoms with Crippen molar-refractivity contribution in [3.63, 3.8) is 0 Å². The summed E-state index contributed by atoms with van der Waals surface area (Å²) in [5.41, 5.74) is 2.68. The Kier molecular flexibility index (Phi) is 8.46. The molecule has 0 bridgehead atoms. The molecule has 3 aromatic rings. The Morgan fingerprint density at radius 2 is 1.89 bits per heavy atom. The van der Waals surface area contributed by atoms with Gasteiger partial charge in [-0.2, -0.15) is 5.26 Å². The van der Waals surface area contributed by atoms with Crippen LogP contribution in [0.15, 0.2) is 59.5 Å². The highest BCUT2D eigenvalue weighted by atomic mass is 127. The van der Waals surface area contributed by atoms with E-state index >= 15 is 0 Å². The molecule has 0 unspecified atom stereocenters. The largest absolute Gasteiger partial charge is 0.493 e. The fourth-order valence-corrected chi connectivity index (χ4v) is 5.42. The Labute approximate surface area is 235 Å². The second-order valence-electron chi connectivity index (χ2n) is 7.61. The normalized spacial score (nSPS) is 14.3. The molecule has 0 N–H and O–H groups in total. The quantitative estimate of drug-likeness (QED) is 0.197. The zero-order valence-corrected chi connectivity index (χ0v) is 23.2. The van der Waals surface area contributed by atoms with Gasteiger partial charge in [-0.05, 0) is 81.9 Å². The van der Waals surface area contributed by atoms with E-state index in [1.807, 2.05) is 18.2 Å². The number of benzene rings is 3. The van der Waals surface area contributed by atoms with Crippen molar-refractivity contribution in [3.05, 3.63) is 95.4 Å². The van der Waals surface area contributed by atoms with Crippen molar-refractivity contribution in [3.8, 4) is 17.6 Å². The molecule has 36 heavy (non-hydrogen) atoms. The summed E-state index contributed by atoms with van der Waals surface area (Å²) >= 11 is 15.0. The van der Waals surface area contributed by atoms with Crippen LogP contribution in [0.1, 0.15) is 22.3 Å². The molecule has 1 saturated heterocycles. The number of amides is 2. The monoisotopic (exact) mass is 650 g/mol. The highest BCUT2D eigenvalue weighted by molar-refractivity contribution is 14.1. The summed E-state index contributed by atoms with van der Waals surface area (Å²) in [6.07, 6.45) is 1.65. The minimum absolute atomic E-state index is 0.0939. The van der Waals surface area contributed by atoms with E-state index in [1.165, 1.54) is 12.0 Å². The molecule has 0 saturated carbocycles. The van der Waals surface area contributed by atoms with Crippen molar-refractivity contribution in [2.75, 3.05) is 7.11 Å². The third-order valence-electron chi connectivity index (χ3n) is 5.26. The van der Waals surface area contributed by atoms with Crippen molar-refractivity contribution in [1.82, 2.24) is 4.90 Å². The van der Waals surface area contributed by atoms with Gasteiger partial charge in [0.05, 0.1) is 43.8 Å². The van der Waals surface area contributed by atoms with Gasteiger partial charge in [-0.3, -0.25) is 14.5 Å². The number of nitrogens with zero attached hydrogens (tertiary/aromatic N) is 2. The number of rotatable bonds is 7. The van der Waals surface area contributed by atoms with Crippen molar-refractivity contribution in [1.29, 1.82) is 5.26 Å². The lowest BCUT2D eigenvalue weighted by Crippen LogP contribution is -2.27. The average molecular weight is 651 g/mol. The molecule has 1 heterocycles. The van der Waals surface area contributed by atoms with Crippen LogP contribution in [0.2, 0.25) is 10.0 Å². The van der Waals surface area contributed by atoms with Crippen LogP contribution < -0.4 is 9.47 Å². The van der Waals surface area contributed by atoms with Crippen molar-refractivity contribution < 1.29 is 19.1 Å². The fraction of sp³-hybridized carbons (Fsp3) is 0.115. The Bertz CT molecular complexity index is 1440. The number of ether oxygens (including phenoxy) is 2. The van der Waals surface area contributed by atoms with Gasteiger partial charge in [0.1, 0.15) is 6.61 Å². The SMILES string of the molecule is COc1cc(/C=C2\SC(=O)N(Cc3ccc(Cl)c(Cl)c3)C2=O)cc(I)c1OCc1ccccc1C#N. The van der Waals surface area contributed by atoms with Gasteiger partial charge in [-0.25, -0.2) is 0 Å². The van der Waals surface area contributed by atoms with Gasteiger partial charge in [0, 0.05) is 5.56 Å². The zero-order chi connectivity index (χ0) is 25.8. The minimum atomic E-state index is -0.390. The Morgan fingerprint density at radius 3 is 2.61 bits per heavy atom. The van der Waals surface area contributed by atoms with Gasteiger partial charge >= 0.3 is 0 Å². The molecule has 0 aliphatic carbocycles. The molecule has 3 aromatic carbocycles. The van der Waals surface area contributed by atoms with Gasteiger partial charge in [-0.15, -0.1) is 0 Å². The number of carbonyl (C=O) groups is 2. The van der Waals surface area contributed by atoms with Crippen LogP contribution in [0, 0.1) is 14.9 Å². The second-order valence-corrected chi connectivity index (χ2v) is 10.6. The highest BCUT2D eigenvalue weighted by Crippen LogP contribution is 2.38. The first-order valence-corrected chi connectivity index (χ1v) is 13.1. The second kappa shape index (κ2) is 11.6. The lowest BCUT2D eigenvalue weighted by molar-refractivity contribution is -0.123. The van der Waals surface area contributed by atoms with Gasteiger partial charge in [0.15, 0.2) is 11.5 Å². The molecule has 4 rings (SSSR count). The molecular weight excluding hydrogens is 634 g/mol. The number of thioether (sulfide) groups is 1. The topological polar surface area (TPSA) is 79.6 Å². The van der Waals surface area contributed by atoms with Crippen LogP contribution in [0.25, 0.3) is 6.08 Å². The molecule has 1 fully saturated rings. The van der Waals surface area contributed by atoms with Crippen molar-refractivity contribution in [2.45, 2.75) is 13.2 Å². The Balaban J connectivity index is 1.54. The fourth-order valence-electron chi connectivity index (χ4n) is 3.48. The summed E-state index contributed by atoms with van der Waals surface area (Å²) in [6, 6.07) is 17.9. The van der Waals surface area contributed by atoms with Crippen molar-refractivity contribution >= 4 is 74.8 Å². The van der Waals surface area contributed by atoms with Crippen LogP contribution in [0.4, 0.5) is 4.79 Å². The maximum atomic E-state index is 13.0. The number of methoxy groups -OCH3 is 1. The summed E-state index contributed by atoms with van der Waals surface area (Å²) in [6.45, 7) is 0.291. The number of nitriles is 1. The first-order chi connectivity index (χ1) is 17.3. The van der Waals surface area contributed by atoms with E-state index in [9.17, 15) is 14.9 Å². The lowest BCUT2D eigenvalue weighted by Gasteiger charge is -2.14. The van der Waals surface area contributed by atoms with E-state index in [2.05, 4.69) is 28.7 Å². The van der Waals surface area contributed by atoms with Gasteiger partial charge in [0.25, 0.3) is 11.1 Å². The smallest absolute Gasteiger partial charge is 0.293 e. The summed E-state index contributed by atoms with van der Waals surface area (Å²) in [5, 5.41) is 9.70. The van der Waals surface area contributed by atoms with Crippen LogP contribution in [0.3, 0.4) is 0 Å². The van der Waals surface area contributed by atoms with Crippen LogP contribution >= 0.6 is 57.6 Å². The van der Waals surface area contributed by atoms with Gasteiger partial charge < -0.3 is 9.47 Å². The van der Waals surface area contributed by atoms with E-state index in [4.69, 9.17) is 32.7 Å². The number of hydrogen-bond acceptors (Lipinski definition) is 6. The maximum absolute atomic E-state index is 13.0. The molecule has 182 valence electrons. The number of hydrogen-bond donors (Lipinski definition) is 0. The molecule has 0 spiro atoms. The maximum Gasteiger partial charge on any atom is 0.293 e. The number of imide groups is 1. The molecular formula is C26H17Cl2IN2O4S. The molecule has 2 amide bonds. The predicted molar refractivity (Wildman–Crippen MR) is 149 cm³/mol. The summed E-state index contributed by atoms with van der Waals surface area (Å²) < 4.78 is 12.3. The summed E-state index contributed by atoms with van der Waals surface area (Å²) in [7, 11) is 1.52. The molecule has 1 aliphatic rings. The lowest BCUT2D eigenvalue weighted by atomic mass is 10.1. The third-order valence-corrected chi connectivity index (χ3v) is 7.71. The first-order valence-electron chi connectivity index (χ1n) is 10.5. The van der Waals surface area contributed by atoms with Crippen LogP contribution in [0.5, 0.6) is 11.5 Å². The first kappa shape index (κ1) is 26.4. The summed E-state index contributed by atoms with van der Waals surface area (Å²) in [4.78, 5) is 27.0. The van der Waals surface area contributed by atoms with E-state index in [1.54, 1.807) is 42.5 Å². The molecule has 6 nitrogen and oxygen atoms in total. The standard InChI is InChI=1S/C26H17Cl2IN2O4S/c1-34-22-10-16(9-21(29)24(22)35-14-18-5-3-2-4-17(18)12-30)11-23-25(32)31(26(33)36-23)13-15-6-7-19(27)20(28)8-15/h2-11H,13-14H2,1H3/b23-11-. The Hall–Kier alpha value is -2.71. The van der Waals surface area contributed by atoms with Crippen LogP contribution in [-0.4, -0.2) is 23.2 Å². The molecule has 0 radical (unpaired) electrons. The van der Waals surface area contributed by atoms with E-state index in [0.29, 0.717) is 43.1 Å². The number of carbonyl (C=O) groups excluding carboxylic acids is 2. The van der Waals surface area contributed by atoms with E-state index in [0.717, 1.165) is 20.9 Å². The highest BCUT2D eigenvalue weighted by Gasteiger charge is 2.35. The average Bonchev–Trinajstić information content (AvgIpc) is 3.12. The minimum Gasteiger partial charge on any atom is -0.493 e. The van der Waals surface area contributed by atoms with E-state index < -0.39 is 5.91 Å². The molecule has 10 heteroatoms. The molecule has 0 atom stereocenters. The van der Waals surface area contributed by atoms with Gasteiger partial charge in [-0.1, -0.05) is 47.5 Å².